The van der Waals surface area contributed by atoms with Gasteiger partial charge in [-0.05, 0) is 30.9 Å². The lowest BCUT2D eigenvalue weighted by atomic mass is 10.0. The lowest BCUT2D eigenvalue weighted by Gasteiger charge is -2.20. The highest BCUT2D eigenvalue weighted by Crippen LogP contribution is 2.14. The maximum atomic E-state index is 12.2. The fraction of sp³-hybridized carbons (Fsp3) is 0.600. The summed E-state index contributed by atoms with van der Waals surface area (Å²) >= 11 is 5.97. The molecule has 0 radical (unpaired) electrons. The smallest absolute Gasteiger partial charge is 0.251 e. The van der Waals surface area contributed by atoms with Crippen LogP contribution < -0.4 is 5.32 Å². The Balaban J connectivity index is 2.86. The Morgan fingerprint density at radius 1 is 1.37 bits per heavy atom. The standard InChI is InChI=1S/C15H23ClN2O/c1-5-7-12-8-11(9-14(16)17-12)15(19)18-13(6-2)10(3)4/h8-10,13H,5-7H2,1-4H3,(H,18,19). The van der Waals surface area contributed by atoms with Gasteiger partial charge < -0.3 is 5.32 Å². The van der Waals surface area contributed by atoms with Crippen LogP contribution in [0.4, 0.5) is 0 Å². The van der Waals surface area contributed by atoms with E-state index in [1.165, 1.54) is 0 Å². The lowest BCUT2D eigenvalue weighted by Crippen LogP contribution is -2.38. The summed E-state index contributed by atoms with van der Waals surface area (Å²) in [5, 5.41) is 3.44. The average molecular weight is 283 g/mol. The number of hydrogen-bond acceptors (Lipinski definition) is 2. The molecular weight excluding hydrogens is 260 g/mol. The fourth-order valence-electron chi connectivity index (χ4n) is 2.06. The van der Waals surface area contributed by atoms with Crippen molar-refractivity contribution in [1.29, 1.82) is 0 Å². The average Bonchev–Trinajstić information content (AvgIpc) is 2.34. The van der Waals surface area contributed by atoms with E-state index in [-0.39, 0.29) is 11.9 Å². The molecule has 1 rings (SSSR count). The molecule has 1 unspecified atom stereocenters. The van der Waals surface area contributed by atoms with Gasteiger partial charge in [0.1, 0.15) is 5.15 Å². The van der Waals surface area contributed by atoms with Gasteiger partial charge in [-0.1, -0.05) is 45.7 Å². The van der Waals surface area contributed by atoms with Gasteiger partial charge in [-0.3, -0.25) is 4.79 Å². The number of carbonyl (C=O) groups is 1. The molecule has 4 heteroatoms. The largest absolute Gasteiger partial charge is 0.349 e. The van der Waals surface area contributed by atoms with Crippen molar-refractivity contribution in [2.24, 2.45) is 5.92 Å². The van der Waals surface area contributed by atoms with E-state index < -0.39 is 0 Å². The predicted molar refractivity (Wildman–Crippen MR) is 79.6 cm³/mol. The summed E-state index contributed by atoms with van der Waals surface area (Å²) in [4.78, 5) is 16.5. The van der Waals surface area contributed by atoms with Crippen LogP contribution in [0.1, 0.15) is 56.6 Å². The van der Waals surface area contributed by atoms with Crippen LogP contribution in [0.2, 0.25) is 5.15 Å². The molecule has 0 spiro atoms. The van der Waals surface area contributed by atoms with Crippen molar-refractivity contribution < 1.29 is 4.79 Å². The number of amides is 1. The monoisotopic (exact) mass is 282 g/mol. The van der Waals surface area contributed by atoms with Gasteiger partial charge in [-0.15, -0.1) is 0 Å². The Kier molecular flexibility index (Phi) is 6.29. The van der Waals surface area contributed by atoms with E-state index in [1.807, 2.05) is 6.07 Å². The highest BCUT2D eigenvalue weighted by molar-refractivity contribution is 6.29. The minimum Gasteiger partial charge on any atom is -0.349 e. The molecule has 0 aromatic carbocycles. The molecule has 19 heavy (non-hydrogen) atoms. The summed E-state index contributed by atoms with van der Waals surface area (Å²) in [6, 6.07) is 3.65. The van der Waals surface area contributed by atoms with Crippen molar-refractivity contribution in [3.8, 4) is 0 Å². The van der Waals surface area contributed by atoms with E-state index in [1.54, 1.807) is 6.07 Å². The van der Waals surface area contributed by atoms with Crippen molar-refractivity contribution >= 4 is 17.5 Å². The number of nitrogens with zero attached hydrogens (tertiary/aromatic N) is 1. The molecule has 106 valence electrons. The molecule has 1 N–H and O–H groups in total. The van der Waals surface area contributed by atoms with Gasteiger partial charge in [0.25, 0.3) is 5.91 Å². The molecule has 0 aliphatic rings. The van der Waals surface area contributed by atoms with Crippen LogP contribution in [0.15, 0.2) is 12.1 Å². The second-order valence-electron chi connectivity index (χ2n) is 5.15. The van der Waals surface area contributed by atoms with Crippen LogP contribution in [0.25, 0.3) is 0 Å². The minimum absolute atomic E-state index is 0.0674. The van der Waals surface area contributed by atoms with Crippen LogP contribution in [0.5, 0.6) is 0 Å². The molecule has 1 aromatic heterocycles. The summed E-state index contributed by atoms with van der Waals surface area (Å²) < 4.78 is 0. The first-order valence-corrected chi connectivity index (χ1v) is 7.33. The topological polar surface area (TPSA) is 42.0 Å². The third-order valence-corrected chi connectivity index (χ3v) is 3.37. The fourth-order valence-corrected chi connectivity index (χ4v) is 2.28. The van der Waals surface area contributed by atoms with Crippen LogP contribution in [-0.4, -0.2) is 16.9 Å². The van der Waals surface area contributed by atoms with E-state index in [2.05, 4.69) is 38.0 Å². The van der Waals surface area contributed by atoms with Gasteiger partial charge >= 0.3 is 0 Å². The quantitative estimate of drug-likeness (QED) is 0.805. The maximum absolute atomic E-state index is 12.2. The molecule has 1 aromatic rings. The van der Waals surface area contributed by atoms with Crippen LogP contribution in [0.3, 0.4) is 0 Å². The minimum atomic E-state index is -0.0674. The van der Waals surface area contributed by atoms with E-state index in [0.29, 0.717) is 16.6 Å². The number of hydrogen-bond donors (Lipinski definition) is 1. The SMILES string of the molecule is CCCc1cc(C(=O)NC(CC)C(C)C)cc(Cl)n1. The van der Waals surface area contributed by atoms with Crippen molar-refractivity contribution in [1.82, 2.24) is 10.3 Å². The number of halogens is 1. The summed E-state index contributed by atoms with van der Waals surface area (Å²) in [7, 11) is 0. The first-order chi connectivity index (χ1) is 8.97. The summed E-state index contributed by atoms with van der Waals surface area (Å²) in [6.07, 6.45) is 2.74. The van der Waals surface area contributed by atoms with Gasteiger partial charge in [-0.2, -0.15) is 0 Å². The molecular formula is C15H23ClN2O. The number of nitrogens with one attached hydrogen (secondary N) is 1. The molecule has 0 saturated carbocycles. The van der Waals surface area contributed by atoms with Crippen molar-refractivity contribution in [3.05, 3.63) is 28.5 Å². The Hall–Kier alpha value is -1.09. The highest BCUT2D eigenvalue weighted by Gasteiger charge is 2.16. The van der Waals surface area contributed by atoms with Crippen LogP contribution >= 0.6 is 11.6 Å². The summed E-state index contributed by atoms with van der Waals surface area (Å²) in [5.74, 6) is 0.351. The highest BCUT2D eigenvalue weighted by atomic mass is 35.5. The predicted octanol–water partition coefficient (Wildman–Crippen LogP) is 3.85. The van der Waals surface area contributed by atoms with Gasteiger partial charge in [-0.25, -0.2) is 4.98 Å². The van der Waals surface area contributed by atoms with Crippen LogP contribution in [-0.2, 0) is 6.42 Å². The Morgan fingerprint density at radius 3 is 2.58 bits per heavy atom. The van der Waals surface area contributed by atoms with E-state index in [9.17, 15) is 4.79 Å². The number of aromatic nitrogens is 1. The number of aryl methyl sites for hydroxylation is 1. The number of pyridine rings is 1. The summed E-state index contributed by atoms with van der Waals surface area (Å²) in [5.41, 5.74) is 1.47. The normalized spacial score (nSPS) is 12.5. The maximum Gasteiger partial charge on any atom is 0.251 e. The molecule has 0 saturated heterocycles. The molecule has 0 aliphatic carbocycles. The molecule has 0 fully saturated rings. The van der Waals surface area contributed by atoms with Gasteiger partial charge in [0.15, 0.2) is 0 Å². The van der Waals surface area contributed by atoms with Crippen molar-refractivity contribution in [3.63, 3.8) is 0 Å². The first-order valence-electron chi connectivity index (χ1n) is 6.95. The third-order valence-electron chi connectivity index (χ3n) is 3.18. The van der Waals surface area contributed by atoms with E-state index in [4.69, 9.17) is 11.6 Å². The zero-order valence-corrected chi connectivity index (χ0v) is 12.9. The molecule has 0 aliphatic heterocycles. The van der Waals surface area contributed by atoms with Gasteiger partial charge in [0.05, 0.1) is 0 Å². The zero-order chi connectivity index (χ0) is 14.4. The van der Waals surface area contributed by atoms with Gasteiger partial charge in [0, 0.05) is 17.3 Å². The van der Waals surface area contributed by atoms with Crippen molar-refractivity contribution in [2.75, 3.05) is 0 Å². The number of rotatable bonds is 6. The zero-order valence-electron chi connectivity index (χ0n) is 12.2. The van der Waals surface area contributed by atoms with E-state index >= 15 is 0 Å². The third kappa shape index (κ3) is 4.83. The van der Waals surface area contributed by atoms with E-state index in [0.717, 1.165) is 25.0 Å². The Morgan fingerprint density at radius 2 is 2.05 bits per heavy atom. The molecule has 1 amide bonds. The van der Waals surface area contributed by atoms with Crippen molar-refractivity contribution in [2.45, 2.75) is 53.0 Å². The molecule has 0 bridgehead atoms. The molecule has 3 nitrogen and oxygen atoms in total. The Bertz CT molecular complexity index is 432. The number of carbonyl (C=O) groups excluding carboxylic acids is 1. The lowest BCUT2D eigenvalue weighted by molar-refractivity contribution is 0.0924. The van der Waals surface area contributed by atoms with Gasteiger partial charge in [0.2, 0.25) is 0 Å². The molecule has 1 heterocycles. The molecule has 1 atom stereocenters. The second kappa shape index (κ2) is 7.49. The Labute approximate surface area is 120 Å². The summed E-state index contributed by atoms with van der Waals surface area (Å²) in [6.45, 7) is 8.37. The first kappa shape index (κ1) is 16.0. The second-order valence-corrected chi connectivity index (χ2v) is 5.54. The van der Waals surface area contributed by atoms with Crippen LogP contribution in [0, 0.1) is 5.92 Å².